The maximum Gasteiger partial charge on any atom is 0.227 e. The van der Waals surface area contributed by atoms with Crippen LogP contribution in [0, 0.1) is 0 Å². The highest BCUT2D eigenvalue weighted by atomic mass is 16.2. The lowest BCUT2D eigenvalue weighted by molar-refractivity contribution is -0.127. The highest BCUT2D eigenvalue weighted by molar-refractivity contribution is 5.96. The first-order valence-electron chi connectivity index (χ1n) is 6.38. The number of carbonyl (C=O) groups excluding carboxylic acids is 2. The summed E-state index contributed by atoms with van der Waals surface area (Å²) in [6.45, 7) is 1.82. The van der Waals surface area contributed by atoms with Gasteiger partial charge < -0.3 is 5.32 Å². The molecular weight excluding hydrogens is 254 g/mol. The molecule has 0 radical (unpaired) electrons. The number of amides is 1. The Morgan fingerprint density at radius 2 is 2.10 bits per heavy atom. The Morgan fingerprint density at radius 1 is 1.30 bits per heavy atom. The van der Waals surface area contributed by atoms with Gasteiger partial charge in [-0.2, -0.15) is 5.10 Å². The van der Waals surface area contributed by atoms with E-state index in [1.807, 2.05) is 37.5 Å². The lowest BCUT2D eigenvalue weighted by atomic mass is 10.1. The fourth-order valence-corrected chi connectivity index (χ4v) is 1.92. The van der Waals surface area contributed by atoms with E-state index in [1.54, 1.807) is 10.9 Å². The van der Waals surface area contributed by atoms with Crippen LogP contribution in [0.1, 0.15) is 18.9 Å². The Labute approximate surface area is 117 Å². The van der Waals surface area contributed by atoms with E-state index in [-0.39, 0.29) is 18.1 Å². The second kappa shape index (κ2) is 6.14. The number of aromatic nitrogens is 2. The van der Waals surface area contributed by atoms with Crippen LogP contribution in [0.2, 0.25) is 0 Å². The predicted molar refractivity (Wildman–Crippen MR) is 75.8 cm³/mol. The number of nitrogens with one attached hydrogen (secondary N) is 1. The van der Waals surface area contributed by atoms with Gasteiger partial charge in [-0.1, -0.05) is 18.2 Å². The molecule has 1 aromatic heterocycles. The molecule has 0 spiro atoms. The molecule has 2 rings (SSSR count). The smallest absolute Gasteiger partial charge is 0.227 e. The number of hydrogen-bond donors (Lipinski definition) is 1. The molecule has 5 heteroatoms. The second-order valence-corrected chi connectivity index (χ2v) is 4.76. The van der Waals surface area contributed by atoms with E-state index < -0.39 is 0 Å². The summed E-state index contributed by atoms with van der Waals surface area (Å²) in [6, 6.07) is 7.88. The van der Waals surface area contributed by atoms with E-state index in [0.717, 1.165) is 16.7 Å². The van der Waals surface area contributed by atoms with Gasteiger partial charge in [0.15, 0.2) is 0 Å². The molecule has 1 amide bonds. The van der Waals surface area contributed by atoms with Crippen LogP contribution in [0.25, 0.3) is 11.1 Å². The van der Waals surface area contributed by atoms with Crippen LogP contribution >= 0.6 is 0 Å². The molecule has 0 aliphatic heterocycles. The number of aryl methyl sites for hydroxylation is 1. The highest BCUT2D eigenvalue weighted by Crippen LogP contribution is 2.19. The number of hydrogen-bond acceptors (Lipinski definition) is 3. The summed E-state index contributed by atoms with van der Waals surface area (Å²) in [5.74, 6) is -0.379. The first kappa shape index (κ1) is 14.0. The average Bonchev–Trinajstić information content (AvgIpc) is 2.83. The van der Waals surface area contributed by atoms with Gasteiger partial charge in [0.2, 0.25) is 5.91 Å². The van der Waals surface area contributed by atoms with Gasteiger partial charge in [0.25, 0.3) is 0 Å². The van der Waals surface area contributed by atoms with Crippen molar-refractivity contribution in [2.45, 2.75) is 19.9 Å². The zero-order valence-electron chi connectivity index (χ0n) is 11.6. The molecule has 0 atom stereocenters. The molecule has 0 saturated heterocycles. The summed E-state index contributed by atoms with van der Waals surface area (Å²) in [5.41, 5.74) is 3.07. The first-order chi connectivity index (χ1) is 9.54. The zero-order valence-corrected chi connectivity index (χ0v) is 11.6. The van der Waals surface area contributed by atoms with Gasteiger partial charge in [-0.25, -0.2) is 0 Å². The molecule has 0 bridgehead atoms. The minimum Gasteiger partial charge on any atom is -0.352 e. The lowest BCUT2D eigenvalue weighted by Crippen LogP contribution is -2.24. The maximum absolute atomic E-state index is 11.4. The van der Waals surface area contributed by atoms with Crippen LogP contribution in [-0.2, 0) is 23.2 Å². The molecule has 0 aliphatic carbocycles. The van der Waals surface area contributed by atoms with Crippen molar-refractivity contribution < 1.29 is 9.59 Å². The summed E-state index contributed by atoms with van der Waals surface area (Å²) < 4.78 is 1.75. The molecule has 0 unspecified atom stereocenters. The van der Waals surface area contributed by atoms with Crippen molar-refractivity contribution in [3.63, 3.8) is 0 Å². The first-order valence-corrected chi connectivity index (χ1v) is 6.38. The number of nitrogens with zero attached hydrogens (tertiary/aromatic N) is 2. The SMILES string of the molecule is CC(=O)CC(=O)NCc1cccc(-c2cnn(C)c2)c1. The van der Waals surface area contributed by atoms with Crippen molar-refractivity contribution in [3.8, 4) is 11.1 Å². The molecule has 0 aliphatic rings. The largest absolute Gasteiger partial charge is 0.352 e. The van der Waals surface area contributed by atoms with Crippen molar-refractivity contribution in [3.05, 3.63) is 42.2 Å². The minimum absolute atomic E-state index is 0.0672. The zero-order chi connectivity index (χ0) is 14.5. The topological polar surface area (TPSA) is 64.0 Å². The number of ketones is 1. The third kappa shape index (κ3) is 3.78. The van der Waals surface area contributed by atoms with Gasteiger partial charge in [-0.15, -0.1) is 0 Å². The molecular formula is C15H17N3O2. The monoisotopic (exact) mass is 271 g/mol. The Kier molecular flexibility index (Phi) is 4.30. The van der Waals surface area contributed by atoms with Crippen molar-refractivity contribution in [1.82, 2.24) is 15.1 Å². The molecule has 20 heavy (non-hydrogen) atoms. The van der Waals surface area contributed by atoms with E-state index in [9.17, 15) is 9.59 Å². The van der Waals surface area contributed by atoms with Crippen LogP contribution in [0.15, 0.2) is 36.7 Å². The summed E-state index contributed by atoms with van der Waals surface area (Å²) in [7, 11) is 1.87. The van der Waals surface area contributed by atoms with Crippen LogP contribution < -0.4 is 5.32 Å². The van der Waals surface area contributed by atoms with E-state index in [1.165, 1.54) is 6.92 Å². The summed E-state index contributed by atoms with van der Waals surface area (Å²) in [6.07, 6.45) is 3.67. The third-order valence-electron chi connectivity index (χ3n) is 2.86. The lowest BCUT2D eigenvalue weighted by Gasteiger charge is -2.06. The number of benzene rings is 1. The van der Waals surface area contributed by atoms with Crippen LogP contribution in [0.4, 0.5) is 0 Å². The quantitative estimate of drug-likeness (QED) is 0.842. The van der Waals surface area contributed by atoms with E-state index in [0.29, 0.717) is 6.54 Å². The fourth-order valence-electron chi connectivity index (χ4n) is 1.92. The number of Topliss-reactive ketones (excluding diaryl/α,β-unsaturated/α-hetero) is 1. The Bertz CT molecular complexity index is 632. The second-order valence-electron chi connectivity index (χ2n) is 4.76. The fraction of sp³-hybridized carbons (Fsp3) is 0.267. The van der Waals surface area contributed by atoms with Crippen LogP contribution in [0.3, 0.4) is 0 Å². The Hall–Kier alpha value is -2.43. The van der Waals surface area contributed by atoms with Crippen molar-refractivity contribution in [2.24, 2.45) is 7.05 Å². The highest BCUT2D eigenvalue weighted by Gasteiger charge is 2.05. The van der Waals surface area contributed by atoms with Crippen LogP contribution in [-0.4, -0.2) is 21.5 Å². The minimum atomic E-state index is -0.246. The van der Waals surface area contributed by atoms with Crippen molar-refractivity contribution in [2.75, 3.05) is 0 Å². The molecule has 1 aromatic carbocycles. The van der Waals surface area contributed by atoms with Crippen molar-refractivity contribution in [1.29, 1.82) is 0 Å². The number of rotatable bonds is 5. The van der Waals surface area contributed by atoms with Gasteiger partial charge in [-0.3, -0.25) is 14.3 Å². The van der Waals surface area contributed by atoms with Crippen molar-refractivity contribution >= 4 is 11.7 Å². The molecule has 0 saturated carbocycles. The number of carbonyl (C=O) groups is 2. The van der Waals surface area contributed by atoms with Gasteiger partial charge in [0, 0.05) is 25.4 Å². The standard InChI is InChI=1S/C15H17N3O2/c1-11(19)6-15(20)16-8-12-4-3-5-13(7-12)14-9-17-18(2)10-14/h3-5,7,9-10H,6,8H2,1-2H3,(H,16,20). The van der Waals surface area contributed by atoms with Gasteiger partial charge in [0.05, 0.1) is 12.6 Å². The molecule has 1 N–H and O–H groups in total. The van der Waals surface area contributed by atoms with E-state index >= 15 is 0 Å². The van der Waals surface area contributed by atoms with Crippen LogP contribution in [0.5, 0.6) is 0 Å². The summed E-state index contributed by atoms with van der Waals surface area (Å²) >= 11 is 0. The van der Waals surface area contributed by atoms with Gasteiger partial charge in [-0.05, 0) is 24.1 Å². The molecule has 104 valence electrons. The third-order valence-corrected chi connectivity index (χ3v) is 2.86. The maximum atomic E-state index is 11.4. The predicted octanol–water partition coefficient (Wildman–Crippen LogP) is 1.68. The molecule has 5 nitrogen and oxygen atoms in total. The summed E-state index contributed by atoms with van der Waals surface area (Å²) in [5, 5.41) is 6.87. The molecule has 2 aromatic rings. The Morgan fingerprint density at radius 3 is 2.75 bits per heavy atom. The van der Waals surface area contributed by atoms with E-state index in [4.69, 9.17) is 0 Å². The summed E-state index contributed by atoms with van der Waals surface area (Å²) in [4.78, 5) is 22.3. The Balaban J connectivity index is 2.03. The normalized spacial score (nSPS) is 10.3. The van der Waals surface area contributed by atoms with Gasteiger partial charge in [0.1, 0.15) is 5.78 Å². The molecule has 0 fully saturated rings. The van der Waals surface area contributed by atoms with E-state index in [2.05, 4.69) is 10.4 Å². The van der Waals surface area contributed by atoms with Gasteiger partial charge >= 0.3 is 0 Å². The average molecular weight is 271 g/mol. The molecule has 1 heterocycles.